The molecule has 4 heterocycles. The van der Waals surface area contributed by atoms with E-state index in [0.29, 0.717) is 6.54 Å². The molecule has 148 valence electrons. The summed E-state index contributed by atoms with van der Waals surface area (Å²) in [6, 6.07) is 2.23. The third-order valence-corrected chi connectivity index (χ3v) is 5.21. The van der Waals surface area contributed by atoms with E-state index >= 15 is 0 Å². The number of carbonyl (C=O) groups is 1. The molecular formula is C20H27N7O. The molecule has 0 saturated carbocycles. The number of nitrogens with zero attached hydrogens (tertiary/aromatic N) is 5. The first-order valence-corrected chi connectivity index (χ1v) is 9.83. The molecule has 2 N–H and O–H groups in total. The Morgan fingerprint density at radius 1 is 1.39 bits per heavy atom. The molecule has 1 aliphatic heterocycles. The molecule has 8 heteroatoms. The fourth-order valence-electron chi connectivity index (χ4n) is 3.80. The van der Waals surface area contributed by atoms with Crippen LogP contribution < -0.4 is 10.6 Å². The zero-order valence-corrected chi connectivity index (χ0v) is 16.9. The largest absolute Gasteiger partial charge is 0.379 e. The van der Waals surface area contributed by atoms with Crippen LogP contribution in [-0.2, 0) is 18.4 Å². The summed E-state index contributed by atoms with van der Waals surface area (Å²) in [5, 5.41) is 15.4. The Kier molecular flexibility index (Phi) is 4.78. The molecule has 0 spiro atoms. The molecule has 0 radical (unpaired) electrons. The second-order valence-corrected chi connectivity index (χ2v) is 7.78. The number of piperidine rings is 1. The molecule has 0 aliphatic carbocycles. The van der Waals surface area contributed by atoms with Crippen molar-refractivity contribution < 1.29 is 4.79 Å². The quantitative estimate of drug-likeness (QED) is 0.709. The number of carbonyl (C=O) groups excluding carboxylic acids is 1. The Morgan fingerprint density at radius 3 is 2.89 bits per heavy atom. The van der Waals surface area contributed by atoms with Gasteiger partial charge in [-0.1, -0.05) is 0 Å². The van der Waals surface area contributed by atoms with Crippen LogP contribution in [-0.4, -0.2) is 37.0 Å². The van der Waals surface area contributed by atoms with Gasteiger partial charge in [-0.15, -0.1) is 0 Å². The van der Waals surface area contributed by atoms with Crippen LogP contribution in [0.4, 0.5) is 5.69 Å². The SMILES string of the molecule is Cc1nn(C(C)C)c2c(NCc3cnn(C)c3)cc(C3CCCNC3=O)nc12. The maximum atomic E-state index is 12.4. The van der Waals surface area contributed by atoms with E-state index in [1.807, 2.05) is 37.1 Å². The smallest absolute Gasteiger partial charge is 0.229 e. The monoisotopic (exact) mass is 381 g/mol. The zero-order valence-electron chi connectivity index (χ0n) is 16.9. The average molecular weight is 381 g/mol. The van der Waals surface area contributed by atoms with Crippen molar-refractivity contribution in [1.82, 2.24) is 29.9 Å². The highest BCUT2D eigenvalue weighted by Gasteiger charge is 2.27. The molecule has 1 fully saturated rings. The third kappa shape index (κ3) is 3.34. The molecule has 1 unspecified atom stereocenters. The lowest BCUT2D eigenvalue weighted by Gasteiger charge is -2.22. The zero-order chi connectivity index (χ0) is 19.8. The van der Waals surface area contributed by atoms with E-state index < -0.39 is 0 Å². The molecule has 1 atom stereocenters. The Morgan fingerprint density at radius 2 is 2.21 bits per heavy atom. The fourth-order valence-corrected chi connectivity index (χ4v) is 3.80. The minimum atomic E-state index is -0.209. The minimum absolute atomic E-state index is 0.0604. The summed E-state index contributed by atoms with van der Waals surface area (Å²) in [7, 11) is 1.91. The van der Waals surface area contributed by atoms with E-state index in [9.17, 15) is 4.79 Å². The van der Waals surface area contributed by atoms with Gasteiger partial charge in [0.15, 0.2) is 0 Å². The van der Waals surface area contributed by atoms with Crippen molar-refractivity contribution >= 4 is 22.6 Å². The van der Waals surface area contributed by atoms with Crippen molar-refractivity contribution in [2.24, 2.45) is 7.05 Å². The molecule has 3 aromatic heterocycles. The van der Waals surface area contributed by atoms with Crippen LogP contribution in [0.1, 0.15) is 55.6 Å². The van der Waals surface area contributed by atoms with Gasteiger partial charge in [-0.2, -0.15) is 10.2 Å². The maximum Gasteiger partial charge on any atom is 0.229 e. The summed E-state index contributed by atoms with van der Waals surface area (Å²) < 4.78 is 3.80. The molecule has 1 saturated heterocycles. The minimum Gasteiger partial charge on any atom is -0.379 e. The van der Waals surface area contributed by atoms with Gasteiger partial charge in [0.2, 0.25) is 5.91 Å². The van der Waals surface area contributed by atoms with E-state index in [1.165, 1.54) is 0 Å². The number of fused-ring (bicyclic) bond motifs is 1. The number of rotatable bonds is 5. The van der Waals surface area contributed by atoms with Crippen molar-refractivity contribution in [2.75, 3.05) is 11.9 Å². The van der Waals surface area contributed by atoms with Crippen LogP contribution in [0.5, 0.6) is 0 Å². The van der Waals surface area contributed by atoms with Gasteiger partial charge in [0.1, 0.15) is 11.0 Å². The molecule has 28 heavy (non-hydrogen) atoms. The summed E-state index contributed by atoms with van der Waals surface area (Å²) in [5.41, 5.74) is 5.58. The molecule has 1 aliphatic rings. The highest BCUT2D eigenvalue weighted by atomic mass is 16.1. The lowest BCUT2D eigenvalue weighted by Crippen LogP contribution is -2.35. The molecular weight excluding hydrogens is 354 g/mol. The van der Waals surface area contributed by atoms with Crippen LogP contribution in [0.15, 0.2) is 18.5 Å². The number of pyridine rings is 1. The van der Waals surface area contributed by atoms with Crippen LogP contribution in [0.3, 0.4) is 0 Å². The predicted molar refractivity (Wildman–Crippen MR) is 108 cm³/mol. The highest BCUT2D eigenvalue weighted by molar-refractivity contribution is 5.92. The number of aryl methyl sites for hydroxylation is 2. The number of amides is 1. The summed E-state index contributed by atoms with van der Waals surface area (Å²) in [6.07, 6.45) is 5.64. The van der Waals surface area contributed by atoms with Crippen LogP contribution in [0, 0.1) is 6.92 Å². The van der Waals surface area contributed by atoms with Gasteiger partial charge < -0.3 is 10.6 Å². The number of nitrogens with one attached hydrogen (secondary N) is 2. The average Bonchev–Trinajstić information content (AvgIpc) is 3.23. The summed E-state index contributed by atoms with van der Waals surface area (Å²) in [4.78, 5) is 17.3. The maximum absolute atomic E-state index is 12.4. The first-order valence-electron chi connectivity index (χ1n) is 9.83. The summed E-state index contributed by atoms with van der Waals surface area (Å²) in [6.45, 7) is 7.59. The Balaban J connectivity index is 1.79. The van der Waals surface area contributed by atoms with Crippen molar-refractivity contribution in [3.8, 4) is 0 Å². The van der Waals surface area contributed by atoms with Gasteiger partial charge in [0, 0.05) is 37.9 Å². The summed E-state index contributed by atoms with van der Waals surface area (Å²) >= 11 is 0. The summed E-state index contributed by atoms with van der Waals surface area (Å²) in [5.74, 6) is -0.149. The number of hydrogen-bond acceptors (Lipinski definition) is 5. The number of hydrogen-bond donors (Lipinski definition) is 2. The normalized spacial score (nSPS) is 17.3. The Labute approximate surface area is 164 Å². The molecule has 3 aromatic rings. The predicted octanol–water partition coefficient (Wildman–Crippen LogP) is 2.66. The lowest BCUT2D eigenvalue weighted by atomic mass is 9.94. The molecule has 0 bridgehead atoms. The number of aromatic nitrogens is 5. The van der Waals surface area contributed by atoms with E-state index in [0.717, 1.165) is 53.1 Å². The van der Waals surface area contributed by atoms with Gasteiger partial charge in [-0.05, 0) is 39.7 Å². The van der Waals surface area contributed by atoms with E-state index in [-0.39, 0.29) is 17.9 Å². The standard InChI is InChI=1S/C20H27N7O/c1-12(2)27-19-17(22-9-14-10-23-26(4)11-14)8-16(24-18(19)13(3)25-27)15-6-5-7-21-20(15)28/h8,10-12,15H,5-7,9H2,1-4H3,(H,21,28)(H,22,24). The molecule has 8 nitrogen and oxygen atoms in total. The van der Waals surface area contributed by atoms with Crippen molar-refractivity contribution in [1.29, 1.82) is 0 Å². The van der Waals surface area contributed by atoms with Crippen molar-refractivity contribution in [3.63, 3.8) is 0 Å². The van der Waals surface area contributed by atoms with E-state index in [2.05, 4.69) is 29.6 Å². The van der Waals surface area contributed by atoms with Gasteiger partial charge >= 0.3 is 0 Å². The lowest BCUT2D eigenvalue weighted by molar-refractivity contribution is -0.123. The van der Waals surface area contributed by atoms with Crippen LogP contribution in [0.25, 0.3) is 11.0 Å². The fraction of sp³-hybridized carbons (Fsp3) is 0.500. The number of anilines is 1. The molecule has 0 aromatic carbocycles. The third-order valence-electron chi connectivity index (χ3n) is 5.21. The Bertz CT molecular complexity index is 1020. The van der Waals surface area contributed by atoms with Crippen LogP contribution >= 0.6 is 0 Å². The molecule has 1 amide bonds. The highest BCUT2D eigenvalue weighted by Crippen LogP contribution is 2.32. The Hall–Kier alpha value is -2.90. The topological polar surface area (TPSA) is 89.7 Å². The van der Waals surface area contributed by atoms with Gasteiger partial charge in [0.05, 0.1) is 29.2 Å². The van der Waals surface area contributed by atoms with Crippen molar-refractivity contribution in [2.45, 2.75) is 52.1 Å². The van der Waals surface area contributed by atoms with Crippen molar-refractivity contribution in [3.05, 3.63) is 35.4 Å². The van der Waals surface area contributed by atoms with Gasteiger partial charge in [-0.25, -0.2) is 4.98 Å². The second-order valence-electron chi connectivity index (χ2n) is 7.78. The van der Waals surface area contributed by atoms with Gasteiger partial charge in [0.25, 0.3) is 0 Å². The first kappa shape index (κ1) is 18.5. The van der Waals surface area contributed by atoms with E-state index in [4.69, 9.17) is 10.1 Å². The van der Waals surface area contributed by atoms with E-state index in [1.54, 1.807) is 4.68 Å². The molecule has 4 rings (SSSR count). The van der Waals surface area contributed by atoms with Crippen LogP contribution in [0.2, 0.25) is 0 Å². The first-order chi connectivity index (χ1) is 13.4. The second kappa shape index (κ2) is 7.26. The van der Waals surface area contributed by atoms with Gasteiger partial charge in [-0.3, -0.25) is 14.2 Å².